The van der Waals surface area contributed by atoms with Gasteiger partial charge < -0.3 is 10.1 Å². The minimum absolute atomic E-state index is 0.0588. The molecule has 1 aromatic heterocycles. The van der Waals surface area contributed by atoms with Gasteiger partial charge in [-0.15, -0.1) is 22.9 Å². The summed E-state index contributed by atoms with van der Waals surface area (Å²) in [4.78, 5) is 35.5. The summed E-state index contributed by atoms with van der Waals surface area (Å²) in [6.07, 6.45) is 0. The number of anilines is 1. The fourth-order valence-electron chi connectivity index (χ4n) is 2.40. The fourth-order valence-corrected chi connectivity index (χ4v) is 3.90. The second kappa shape index (κ2) is 9.75. The first-order chi connectivity index (χ1) is 14.4. The fraction of sp³-hybridized carbons (Fsp3) is 0.105. The number of thiophene rings is 1. The highest BCUT2D eigenvalue weighted by molar-refractivity contribution is 7.21. The van der Waals surface area contributed by atoms with Crippen molar-refractivity contribution in [1.82, 2.24) is 10.9 Å². The van der Waals surface area contributed by atoms with Gasteiger partial charge in [0.2, 0.25) is 0 Å². The van der Waals surface area contributed by atoms with Crippen molar-refractivity contribution in [2.45, 2.75) is 0 Å². The highest BCUT2D eigenvalue weighted by atomic mass is 35.5. The molecule has 0 saturated carbocycles. The van der Waals surface area contributed by atoms with E-state index >= 15 is 0 Å². The molecule has 0 atom stereocenters. The van der Waals surface area contributed by atoms with Crippen LogP contribution in [0, 0.1) is 5.82 Å². The molecule has 0 radical (unpaired) electrons. The second-order valence-electron chi connectivity index (χ2n) is 5.86. The van der Waals surface area contributed by atoms with E-state index in [0.717, 1.165) is 11.3 Å². The van der Waals surface area contributed by atoms with Gasteiger partial charge in [0.05, 0.1) is 10.7 Å². The number of nitrogens with one attached hydrogen (secondary N) is 3. The van der Waals surface area contributed by atoms with Crippen LogP contribution in [0.1, 0.15) is 9.67 Å². The van der Waals surface area contributed by atoms with E-state index < -0.39 is 23.5 Å². The lowest BCUT2D eigenvalue weighted by atomic mass is 10.2. The molecule has 3 N–H and O–H groups in total. The normalized spacial score (nSPS) is 10.5. The Bertz CT molecular complexity index is 1120. The van der Waals surface area contributed by atoms with Gasteiger partial charge in [0.1, 0.15) is 22.3 Å². The van der Waals surface area contributed by atoms with Gasteiger partial charge in [0.15, 0.2) is 6.61 Å². The number of hydrogen-bond donors (Lipinski definition) is 3. The van der Waals surface area contributed by atoms with E-state index in [1.807, 2.05) is 0 Å². The van der Waals surface area contributed by atoms with Crippen molar-refractivity contribution in [3.8, 4) is 5.75 Å². The predicted molar refractivity (Wildman–Crippen MR) is 114 cm³/mol. The molecule has 2 aromatic carbocycles. The molecule has 0 aliphatic rings. The Morgan fingerprint density at radius 3 is 2.57 bits per heavy atom. The van der Waals surface area contributed by atoms with Crippen molar-refractivity contribution in [2.24, 2.45) is 0 Å². The lowest BCUT2D eigenvalue weighted by molar-refractivity contribution is -0.119. The van der Waals surface area contributed by atoms with Crippen LogP contribution in [0.3, 0.4) is 0 Å². The molecule has 0 saturated heterocycles. The molecular formula is C19H14Cl2FN3O4S. The SMILES string of the molecule is O=C(CCl)NNC(=O)c1sc2cc(OCC(=O)Nc3ccccc3F)ccc2c1Cl. The topological polar surface area (TPSA) is 96.5 Å². The summed E-state index contributed by atoms with van der Waals surface area (Å²) < 4.78 is 19.7. The zero-order valence-corrected chi connectivity index (χ0v) is 17.5. The zero-order chi connectivity index (χ0) is 21.7. The second-order valence-corrected chi connectivity index (χ2v) is 7.55. The average Bonchev–Trinajstić information content (AvgIpc) is 3.08. The first-order valence-electron chi connectivity index (χ1n) is 8.43. The molecular weight excluding hydrogens is 456 g/mol. The molecule has 3 amide bonds. The number of para-hydroxylation sites is 1. The Morgan fingerprint density at radius 2 is 1.83 bits per heavy atom. The van der Waals surface area contributed by atoms with Gasteiger partial charge in [-0.1, -0.05) is 23.7 Å². The highest BCUT2D eigenvalue weighted by Crippen LogP contribution is 2.37. The summed E-state index contributed by atoms with van der Waals surface area (Å²) in [5.74, 6) is -2.16. The monoisotopic (exact) mass is 469 g/mol. The van der Waals surface area contributed by atoms with E-state index in [4.69, 9.17) is 27.9 Å². The Morgan fingerprint density at radius 1 is 1.07 bits per heavy atom. The van der Waals surface area contributed by atoms with Gasteiger partial charge in [0, 0.05) is 10.1 Å². The van der Waals surface area contributed by atoms with Crippen LogP contribution in [0.15, 0.2) is 42.5 Å². The first kappa shape index (κ1) is 21.8. The van der Waals surface area contributed by atoms with E-state index in [9.17, 15) is 18.8 Å². The third-order valence-electron chi connectivity index (χ3n) is 3.76. The number of hydrazine groups is 1. The van der Waals surface area contributed by atoms with Crippen molar-refractivity contribution < 1.29 is 23.5 Å². The summed E-state index contributed by atoms with van der Waals surface area (Å²) in [7, 11) is 0. The maximum Gasteiger partial charge on any atom is 0.281 e. The highest BCUT2D eigenvalue weighted by Gasteiger charge is 2.18. The lowest BCUT2D eigenvalue weighted by Crippen LogP contribution is -2.42. The van der Waals surface area contributed by atoms with Crippen LogP contribution < -0.4 is 20.9 Å². The Balaban J connectivity index is 1.66. The van der Waals surface area contributed by atoms with Crippen molar-refractivity contribution in [2.75, 3.05) is 17.8 Å². The predicted octanol–water partition coefficient (Wildman–Crippen LogP) is 3.71. The zero-order valence-electron chi connectivity index (χ0n) is 15.1. The van der Waals surface area contributed by atoms with E-state index in [0.29, 0.717) is 15.8 Å². The van der Waals surface area contributed by atoms with E-state index in [1.165, 1.54) is 18.2 Å². The summed E-state index contributed by atoms with van der Waals surface area (Å²) in [6, 6.07) is 10.7. The molecule has 7 nitrogen and oxygen atoms in total. The number of carbonyl (C=O) groups excluding carboxylic acids is 3. The molecule has 0 aliphatic carbocycles. The number of rotatable bonds is 6. The number of halogens is 3. The molecule has 1 heterocycles. The summed E-state index contributed by atoms with van der Waals surface area (Å²) in [5.41, 5.74) is 4.43. The summed E-state index contributed by atoms with van der Waals surface area (Å²) in [6.45, 7) is -0.337. The van der Waals surface area contributed by atoms with Crippen LogP contribution >= 0.6 is 34.5 Å². The smallest absolute Gasteiger partial charge is 0.281 e. The number of amides is 3. The molecule has 30 heavy (non-hydrogen) atoms. The van der Waals surface area contributed by atoms with Crippen molar-refractivity contribution >= 4 is 68.0 Å². The molecule has 0 fully saturated rings. The average molecular weight is 470 g/mol. The quantitative estimate of drug-likeness (QED) is 0.378. The van der Waals surface area contributed by atoms with E-state index in [-0.39, 0.29) is 28.1 Å². The minimum atomic E-state index is -0.591. The van der Waals surface area contributed by atoms with Gasteiger partial charge >= 0.3 is 0 Å². The molecule has 0 aliphatic heterocycles. The van der Waals surface area contributed by atoms with Gasteiger partial charge in [-0.05, 0) is 30.3 Å². The lowest BCUT2D eigenvalue weighted by Gasteiger charge is -2.08. The van der Waals surface area contributed by atoms with E-state index in [2.05, 4.69) is 16.2 Å². The van der Waals surface area contributed by atoms with Crippen LogP contribution in [0.2, 0.25) is 5.02 Å². The maximum atomic E-state index is 13.6. The molecule has 0 unspecified atom stereocenters. The number of ether oxygens (including phenoxy) is 1. The number of carbonyl (C=O) groups is 3. The Hall–Kier alpha value is -2.88. The Labute approximate surface area is 184 Å². The van der Waals surface area contributed by atoms with Crippen LogP contribution in [0.5, 0.6) is 5.75 Å². The number of benzene rings is 2. The first-order valence-corrected chi connectivity index (χ1v) is 10.2. The Kier molecular flexibility index (Phi) is 7.09. The van der Waals surface area contributed by atoms with Gasteiger partial charge in [-0.2, -0.15) is 0 Å². The largest absolute Gasteiger partial charge is 0.484 e. The van der Waals surface area contributed by atoms with Gasteiger partial charge in [-0.25, -0.2) is 4.39 Å². The summed E-state index contributed by atoms with van der Waals surface area (Å²) in [5, 5.41) is 3.25. The van der Waals surface area contributed by atoms with Crippen molar-refractivity contribution in [3.05, 3.63) is 58.2 Å². The molecule has 156 valence electrons. The molecule has 11 heteroatoms. The standard InChI is InChI=1S/C19H14Cl2FN3O4S/c20-8-15(26)24-25-19(28)18-17(21)11-6-5-10(7-14(11)30-18)29-9-16(27)23-13-4-2-1-3-12(13)22/h1-7H,8-9H2,(H,23,27)(H,24,26)(H,25,28). The minimum Gasteiger partial charge on any atom is -0.484 e. The molecule has 0 bridgehead atoms. The maximum absolute atomic E-state index is 13.6. The van der Waals surface area contributed by atoms with Crippen LogP contribution in [0.25, 0.3) is 10.1 Å². The van der Waals surface area contributed by atoms with Crippen LogP contribution in [-0.4, -0.2) is 30.2 Å². The summed E-state index contributed by atoms with van der Waals surface area (Å²) >= 11 is 12.7. The van der Waals surface area contributed by atoms with E-state index in [1.54, 1.807) is 24.3 Å². The van der Waals surface area contributed by atoms with Crippen molar-refractivity contribution in [1.29, 1.82) is 0 Å². The molecule has 0 spiro atoms. The van der Waals surface area contributed by atoms with Gasteiger partial charge in [0.25, 0.3) is 17.7 Å². The van der Waals surface area contributed by atoms with Gasteiger partial charge in [-0.3, -0.25) is 25.2 Å². The van der Waals surface area contributed by atoms with Crippen molar-refractivity contribution in [3.63, 3.8) is 0 Å². The molecule has 3 aromatic rings. The number of fused-ring (bicyclic) bond motifs is 1. The van der Waals surface area contributed by atoms with Crippen LogP contribution in [0.4, 0.5) is 10.1 Å². The third kappa shape index (κ3) is 5.18. The number of hydrogen-bond acceptors (Lipinski definition) is 5. The van der Waals surface area contributed by atoms with Crippen LogP contribution in [-0.2, 0) is 9.59 Å². The number of alkyl halides is 1. The molecule has 3 rings (SSSR count). The third-order valence-corrected chi connectivity index (χ3v) is 5.66.